The first-order valence-electron chi connectivity index (χ1n) is 10.6. The van der Waals surface area contributed by atoms with Crippen LogP contribution < -0.4 is 9.80 Å². The highest BCUT2D eigenvalue weighted by molar-refractivity contribution is 5.71. The molecule has 3 aromatic rings. The summed E-state index contributed by atoms with van der Waals surface area (Å²) in [7, 11) is 0. The third-order valence-corrected chi connectivity index (χ3v) is 6.48. The molecule has 0 amide bonds. The van der Waals surface area contributed by atoms with Gasteiger partial charge in [0.2, 0.25) is 0 Å². The lowest BCUT2D eigenvalue weighted by Gasteiger charge is -2.39. The lowest BCUT2D eigenvalue weighted by molar-refractivity contribution is -0.140. The lowest BCUT2D eigenvalue weighted by atomic mass is 9.78. The van der Waals surface area contributed by atoms with Gasteiger partial charge in [0.25, 0.3) is 6.43 Å². The van der Waals surface area contributed by atoms with Gasteiger partial charge in [-0.1, -0.05) is 0 Å². The van der Waals surface area contributed by atoms with Crippen molar-refractivity contribution >= 4 is 22.8 Å². The number of hydrogen-bond donors (Lipinski definition) is 0. The van der Waals surface area contributed by atoms with E-state index in [0.717, 1.165) is 30.1 Å². The molecule has 2 aliphatic rings. The van der Waals surface area contributed by atoms with Crippen molar-refractivity contribution in [1.82, 2.24) is 29.7 Å². The molecule has 0 aliphatic carbocycles. The average molecular weight is 468 g/mol. The van der Waals surface area contributed by atoms with Gasteiger partial charge in [0.1, 0.15) is 17.9 Å². The molecule has 3 aromatic heterocycles. The third kappa shape index (κ3) is 4.15. The van der Waals surface area contributed by atoms with E-state index in [9.17, 15) is 22.0 Å². The summed E-state index contributed by atoms with van der Waals surface area (Å²) in [5.41, 5.74) is -0.319. The number of aromatic nitrogens is 6. The van der Waals surface area contributed by atoms with Gasteiger partial charge in [0.05, 0.1) is 12.4 Å². The van der Waals surface area contributed by atoms with Crippen molar-refractivity contribution in [2.75, 3.05) is 36.0 Å². The molecule has 0 aromatic carbocycles. The molecule has 8 nitrogen and oxygen atoms in total. The maximum Gasteiger partial charge on any atom is 0.437 e. The van der Waals surface area contributed by atoms with E-state index >= 15 is 0 Å². The van der Waals surface area contributed by atoms with E-state index in [1.54, 1.807) is 11.1 Å². The first-order valence-corrected chi connectivity index (χ1v) is 10.6. The highest BCUT2D eigenvalue weighted by atomic mass is 19.4. The van der Waals surface area contributed by atoms with E-state index in [2.05, 4.69) is 25.0 Å². The molecule has 176 valence electrons. The minimum absolute atomic E-state index is 0.118. The summed E-state index contributed by atoms with van der Waals surface area (Å²) in [5, 5.41) is 3.94. The Morgan fingerprint density at radius 1 is 0.939 bits per heavy atom. The fraction of sp³-hybridized carbons (Fsp3) is 0.550. The Morgan fingerprint density at radius 3 is 2.33 bits per heavy atom. The fourth-order valence-corrected chi connectivity index (χ4v) is 4.75. The smallest absolute Gasteiger partial charge is 0.355 e. The second-order valence-electron chi connectivity index (χ2n) is 8.54. The van der Waals surface area contributed by atoms with Crippen LogP contribution in [-0.2, 0) is 12.7 Å². The zero-order valence-corrected chi connectivity index (χ0v) is 17.5. The molecule has 13 heteroatoms. The number of halogens is 5. The molecule has 2 saturated heterocycles. The SMILES string of the molecule is FC(F)Cn1ncc2ncc(N3CCC4(CC3)CCN(c3nccnc3C(F)(F)F)C4)nc21. The second kappa shape index (κ2) is 8.03. The van der Waals surface area contributed by atoms with Crippen LogP contribution in [0.1, 0.15) is 25.0 Å². The Balaban J connectivity index is 1.29. The summed E-state index contributed by atoms with van der Waals surface area (Å²) in [4.78, 5) is 20.0. The van der Waals surface area contributed by atoms with Gasteiger partial charge in [-0.05, 0) is 24.7 Å². The van der Waals surface area contributed by atoms with E-state index in [1.165, 1.54) is 12.4 Å². The van der Waals surface area contributed by atoms with E-state index in [0.29, 0.717) is 43.2 Å². The van der Waals surface area contributed by atoms with Crippen LogP contribution in [0.4, 0.5) is 33.6 Å². The Morgan fingerprint density at radius 2 is 1.64 bits per heavy atom. The zero-order valence-electron chi connectivity index (χ0n) is 17.5. The first kappa shape index (κ1) is 21.7. The zero-order chi connectivity index (χ0) is 23.2. The minimum atomic E-state index is -4.56. The normalized spacial score (nSPS) is 18.7. The van der Waals surface area contributed by atoms with Crippen LogP contribution in [0.5, 0.6) is 0 Å². The van der Waals surface area contributed by atoms with Gasteiger partial charge in [0.15, 0.2) is 17.2 Å². The van der Waals surface area contributed by atoms with E-state index in [-0.39, 0.29) is 11.2 Å². The molecular formula is C20H21F5N8. The van der Waals surface area contributed by atoms with Crippen LogP contribution in [0, 0.1) is 5.41 Å². The Labute approximate surface area is 185 Å². The van der Waals surface area contributed by atoms with Gasteiger partial charge >= 0.3 is 6.18 Å². The van der Waals surface area contributed by atoms with Gasteiger partial charge in [-0.2, -0.15) is 18.3 Å². The molecule has 1 spiro atoms. The van der Waals surface area contributed by atoms with Gasteiger partial charge < -0.3 is 9.80 Å². The summed E-state index contributed by atoms with van der Waals surface area (Å²) < 4.78 is 66.8. The van der Waals surface area contributed by atoms with Crippen molar-refractivity contribution in [2.45, 2.75) is 38.4 Å². The molecule has 2 aliphatic heterocycles. The van der Waals surface area contributed by atoms with Crippen LogP contribution in [0.15, 0.2) is 24.8 Å². The highest BCUT2D eigenvalue weighted by Crippen LogP contribution is 2.44. The average Bonchev–Trinajstić information content (AvgIpc) is 3.38. The Kier molecular flexibility index (Phi) is 5.28. The molecule has 5 rings (SSSR count). The maximum atomic E-state index is 13.4. The molecule has 0 atom stereocenters. The summed E-state index contributed by atoms with van der Waals surface area (Å²) in [6.45, 7) is 1.70. The molecule has 5 heterocycles. The van der Waals surface area contributed by atoms with Crippen LogP contribution in [-0.4, -0.2) is 62.3 Å². The van der Waals surface area contributed by atoms with Crippen molar-refractivity contribution < 1.29 is 22.0 Å². The number of fused-ring (bicyclic) bond motifs is 1. The summed E-state index contributed by atoms with van der Waals surface area (Å²) in [6, 6.07) is 0. The predicted octanol–water partition coefficient (Wildman–Crippen LogP) is 3.40. The molecule has 33 heavy (non-hydrogen) atoms. The Bertz CT molecular complexity index is 1140. The third-order valence-electron chi connectivity index (χ3n) is 6.48. The van der Waals surface area contributed by atoms with E-state index < -0.39 is 24.8 Å². The largest absolute Gasteiger partial charge is 0.437 e. The summed E-state index contributed by atoms with van der Waals surface area (Å²) >= 11 is 0. The molecule has 0 bridgehead atoms. The number of piperidine rings is 1. The number of anilines is 2. The molecule has 0 radical (unpaired) electrons. The van der Waals surface area contributed by atoms with Crippen LogP contribution >= 0.6 is 0 Å². The maximum absolute atomic E-state index is 13.4. The quantitative estimate of drug-likeness (QED) is 0.544. The number of alkyl halides is 5. The van der Waals surface area contributed by atoms with Crippen LogP contribution in [0.3, 0.4) is 0 Å². The molecule has 0 N–H and O–H groups in total. The molecular weight excluding hydrogens is 447 g/mol. The lowest BCUT2D eigenvalue weighted by Crippen LogP contribution is -2.42. The van der Waals surface area contributed by atoms with Crippen molar-refractivity contribution in [2.24, 2.45) is 5.41 Å². The minimum Gasteiger partial charge on any atom is -0.355 e. The summed E-state index contributed by atoms with van der Waals surface area (Å²) in [5.74, 6) is 0.462. The van der Waals surface area contributed by atoms with Gasteiger partial charge in [-0.15, -0.1) is 0 Å². The van der Waals surface area contributed by atoms with Crippen molar-refractivity contribution in [3.8, 4) is 0 Å². The molecule has 2 fully saturated rings. The van der Waals surface area contributed by atoms with Gasteiger partial charge in [-0.25, -0.2) is 33.4 Å². The van der Waals surface area contributed by atoms with E-state index in [4.69, 9.17) is 0 Å². The molecule has 0 saturated carbocycles. The second-order valence-corrected chi connectivity index (χ2v) is 8.54. The standard InChI is InChI=1S/C20H21F5N8/c21-14(22)11-33-17-13(9-29-33)28-10-15(30-17)31-6-1-19(2-7-31)3-8-32(12-19)18-16(20(23,24)25)26-4-5-27-18/h4-5,9-10,14H,1-3,6-8,11-12H2. The number of rotatable bonds is 4. The highest BCUT2D eigenvalue weighted by Gasteiger charge is 2.44. The Hall–Kier alpha value is -3.12. The van der Waals surface area contributed by atoms with Crippen LogP contribution in [0.2, 0.25) is 0 Å². The monoisotopic (exact) mass is 468 g/mol. The fourth-order valence-electron chi connectivity index (χ4n) is 4.75. The predicted molar refractivity (Wildman–Crippen MR) is 109 cm³/mol. The van der Waals surface area contributed by atoms with Gasteiger partial charge in [-0.3, -0.25) is 0 Å². The van der Waals surface area contributed by atoms with Crippen molar-refractivity contribution in [3.63, 3.8) is 0 Å². The van der Waals surface area contributed by atoms with Crippen molar-refractivity contribution in [3.05, 3.63) is 30.5 Å². The van der Waals surface area contributed by atoms with Crippen molar-refractivity contribution in [1.29, 1.82) is 0 Å². The van der Waals surface area contributed by atoms with Gasteiger partial charge in [0, 0.05) is 38.6 Å². The first-order chi connectivity index (χ1) is 15.7. The number of hydrogen-bond acceptors (Lipinski definition) is 7. The topological polar surface area (TPSA) is 75.9 Å². The molecule has 0 unspecified atom stereocenters. The number of nitrogens with zero attached hydrogens (tertiary/aromatic N) is 8. The van der Waals surface area contributed by atoms with E-state index in [1.807, 2.05) is 4.90 Å². The summed E-state index contributed by atoms with van der Waals surface area (Å²) in [6.07, 6.45) is 0.540. The van der Waals surface area contributed by atoms with Crippen LogP contribution in [0.25, 0.3) is 11.2 Å².